The lowest BCUT2D eigenvalue weighted by molar-refractivity contribution is 0.0952. The normalized spacial score (nSPS) is 20.1. The number of hydrogen-bond donors (Lipinski definition) is 2. The minimum absolute atomic E-state index is 0.0633. The van der Waals surface area contributed by atoms with Crippen molar-refractivity contribution >= 4 is 28.3 Å². The average Bonchev–Trinajstić information content (AvgIpc) is 3.19. The molecule has 0 unspecified atom stereocenters. The summed E-state index contributed by atoms with van der Waals surface area (Å²) in [6, 6.07) is 0.339. The first-order chi connectivity index (χ1) is 9.69. The van der Waals surface area contributed by atoms with Crippen molar-refractivity contribution in [2.45, 2.75) is 25.8 Å². The number of aromatic nitrogens is 1. The minimum atomic E-state index is -0.0633. The third kappa shape index (κ3) is 2.73. The molecule has 0 bridgehead atoms. The third-order valence-electron chi connectivity index (χ3n) is 3.95. The molecule has 1 aliphatic carbocycles. The van der Waals surface area contributed by atoms with E-state index in [9.17, 15) is 4.79 Å². The number of hydrogen-bond acceptors (Lipinski definition) is 6. The predicted octanol–water partition coefficient (Wildman–Crippen LogP) is 0.759. The molecule has 0 aromatic carbocycles. The van der Waals surface area contributed by atoms with Gasteiger partial charge >= 0.3 is 0 Å². The molecule has 2 heterocycles. The molecule has 1 aliphatic heterocycles. The van der Waals surface area contributed by atoms with Crippen LogP contribution >= 0.6 is 11.5 Å². The van der Waals surface area contributed by atoms with Gasteiger partial charge in [0.15, 0.2) is 5.82 Å². The quantitative estimate of drug-likeness (QED) is 0.858. The van der Waals surface area contributed by atoms with Crippen molar-refractivity contribution in [2.24, 2.45) is 0 Å². The van der Waals surface area contributed by atoms with E-state index in [1.807, 2.05) is 0 Å². The van der Waals surface area contributed by atoms with Crippen LogP contribution < -0.4 is 16.0 Å². The van der Waals surface area contributed by atoms with Crippen molar-refractivity contribution in [3.05, 3.63) is 5.56 Å². The average molecular weight is 295 g/mol. The van der Waals surface area contributed by atoms with Crippen LogP contribution in [0.25, 0.3) is 0 Å². The molecule has 1 aromatic heterocycles. The maximum atomic E-state index is 12.3. The van der Waals surface area contributed by atoms with E-state index in [0.717, 1.165) is 50.6 Å². The molecule has 20 heavy (non-hydrogen) atoms. The maximum Gasteiger partial charge on any atom is 0.258 e. The zero-order chi connectivity index (χ0) is 14.1. The molecule has 1 aromatic rings. The fourth-order valence-electron chi connectivity index (χ4n) is 2.47. The van der Waals surface area contributed by atoms with E-state index in [1.165, 1.54) is 11.5 Å². The first-order valence-electron chi connectivity index (χ1n) is 7.22. The van der Waals surface area contributed by atoms with Crippen LogP contribution in [0.15, 0.2) is 0 Å². The monoisotopic (exact) mass is 295 g/mol. The Morgan fingerprint density at radius 2 is 2.10 bits per heavy atom. The molecule has 7 heteroatoms. The summed E-state index contributed by atoms with van der Waals surface area (Å²) in [6.07, 6.45) is 2.15. The Kier molecular flexibility index (Phi) is 3.80. The van der Waals surface area contributed by atoms with Crippen molar-refractivity contribution < 1.29 is 4.79 Å². The van der Waals surface area contributed by atoms with Crippen LogP contribution in [0.1, 0.15) is 30.1 Å². The van der Waals surface area contributed by atoms with Gasteiger partial charge in [0.25, 0.3) is 5.91 Å². The van der Waals surface area contributed by atoms with E-state index >= 15 is 0 Å². The molecule has 6 nitrogen and oxygen atoms in total. The van der Waals surface area contributed by atoms with Crippen LogP contribution in [0.3, 0.4) is 0 Å². The highest BCUT2D eigenvalue weighted by Gasteiger charge is 2.30. The second-order valence-electron chi connectivity index (χ2n) is 5.42. The number of nitrogens with zero attached hydrogens (tertiary/aromatic N) is 3. The first-order valence-corrected chi connectivity index (χ1v) is 7.99. The zero-order valence-corrected chi connectivity index (χ0v) is 12.6. The van der Waals surface area contributed by atoms with Crippen LogP contribution in [0.5, 0.6) is 0 Å². The van der Waals surface area contributed by atoms with Crippen LogP contribution in [-0.2, 0) is 0 Å². The number of nitrogens with two attached hydrogens (primary N) is 1. The van der Waals surface area contributed by atoms with E-state index in [2.05, 4.69) is 26.4 Å². The van der Waals surface area contributed by atoms with Gasteiger partial charge in [-0.15, -0.1) is 0 Å². The van der Waals surface area contributed by atoms with Crippen molar-refractivity contribution in [3.63, 3.8) is 0 Å². The Morgan fingerprint density at radius 3 is 2.70 bits per heavy atom. The Morgan fingerprint density at radius 1 is 1.40 bits per heavy atom. The number of likely N-dealkylation sites (N-methyl/N-ethyl adjacent to an activating group) is 1. The number of amides is 1. The zero-order valence-electron chi connectivity index (χ0n) is 11.8. The van der Waals surface area contributed by atoms with Gasteiger partial charge in [0.1, 0.15) is 10.6 Å². The molecule has 110 valence electrons. The van der Waals surface area contributed by atoms with E-state index in [0.29, 0.717) is 17.4 Å². The molecular weight excluding hydrogens is 274 g/mol. The minimum Gasteiger partial charge on any atom is -0.382 e. The van der Waals surface area contributed by atoms with Gasteiger partial charge < -0.3 is 20.9 Å². The molecule has 2 aliphatic rings. The van der Waals surface area contributed by atoms with E-state index in [4.69, 9.17) is 5.73 Å². The number of rotatable bonds is 4. The lowest BCUT2D eigenvalue weighted by Crippen LogP contribution is -2.46. The first kappa shape index (κ1) is 13.6. The summed E-state index contributed by atoms with van der Waals surface area (Å²) in [5.41, 5.74) is 6.48. The molecule has 1 amide bonds. The second kappa shape index (κ2) is 5.57. The highest BCUT2D eigenvalue weighted by Crippen LogP contribution is 2.32. The lowest BCUT2D eigenvalue weighted by Gasteiger charge is -2.34. The van der Waals surface area contributed by atoms with Gasteiger partial charge in [0.05, 0.1) is 0 Å². The summed E-state index contributed by atoms with van der Waals surface area (Å²) in [7, 11) is 0. The highest BCUT2D eigenvalue weighted by atomic mass is 32.1. The Hall–Kier alpha value is -1.34. The van der Waals surface area contributed by atoms with Gasteiger partial charge in [0, 0.05) is 32.2 Å². The summed E-state index contributed by atoms with van der Waals surface area (Å²) in [4.78, 5) is 16.9. The Balaban J connectivity index is 1.74. The van der Waals surface area contributed by atoms with Crippen molar-refractivity contribution in [1.82, 2.24) is 14.6 Å². The number of nitrogen functional groups attached to an aromatic ring is 1. The van der Waals surface area contributed by atoms with Gasteiger partial charge in [-0.05, 0) is 30.9 Å². The third-order valence-corrected chi connectivity index (χ3v) is 4.87. The standard InChI is InChI=1S/C13H21N5OS/c1-2-17-5-7-18(8-6-17)13-10(11(14)16-20-13)12(19)15-9-3-4-9/h9H,2-8H2,1H3,(H2,14,16)(H,15,19). The molecule has 3 N–H and O–H groups in total. The van der Waals surface area contributed by atoms with E-state index in [-0.39, 0.29) is 5.91 Å². The topological polar surface area (TPSA) is 74.5 Å². The second-order valence-corrected chi connectivity index (χ2v) is 6.17. The fraction of sp³-hybridized carbons (Fsp3) is 0.692. The summed E-state index contributed by atoms with van der Waals surface area (Å²) in [5.74, 6) is 0.299. The fourth-order valence-corrected chi connectivity index (χ4v) is 3.34. The summed E-state index contributed by atoms with van der Waals surface area (Å²) >= 11 is 1.34. The molecule has 0 radical (unpaired) electrons. The predicted molar refractivity (Wildman–Crippen MR) is 81.3 cm³/mol. The Labute approximate surface area is 123 Å². The molecule has 0 spiro atoms. The van der Waals surface area contributed by atoms with Crippen LogP contribution in [0.2, 0.25) is 0 Å². The number of carbonyl (C=O) groups is 1. The van der Waals surface area contributed by atoms with Gasteiger partial charge in [-0.3, -0.25) is 4.79 Å². The van der Waals surface area contributed by atoms with E-state index < -0.39 is 0 Å². The molecule has 1 saturated heterocycles. The smallest absolute Gasteiger partial charge is 0.258 e. The van der Waals surface area contributed by atoms with Crippen molar-refractivity contribution in [3.8, 4) is 0 Å². The summed E-state index contributed by atoms with van der Waals surface area (Å²) < 4.78 is 4.18. The largest absolute Gasteiger partial charge is 0.382 e. The van der Waals surface area contributed by atoms with E-state index in [1.54, 1.807) is 0 Å². The van der Waals surface area contributed by atoms with Gasteiger partial charge in [-0.1, -0.05) is 6.92 Å². The number of nitrogens with one attached hydrogen (secondary N) is 1. The van der Waals surface area contributed by atoms with Crippen LogP contribution in [0.4, 0.5) is 10.8 Å². The summed E-state index contributed by atoms with van der Waals surface area (Å²) in [6.45, 7) is 7.16. The lowest BCUT2D eigenvalue weighted by atomic mass is 10.2. The van der Waals surface area contributed by atoms with Crippen LogP contribution in [-0.4, -0.2) is 53.9 Å². The number of piperazine rings is 1. The van der Waals surface area contributed by atoms with Crippen LogP contribution in [0, 0.1) is 0 Å². The van der Waals surface area contributed by atoms with Crippen molar-refractivity contribution in [1.29, 1.82) is 0 Å². The molecule has 0 atom stereocenters. The molecule has 2 fully saturated rings. The highest BCUT2D eigenvalue weighted by molar-refractivity contribution is 7.11. The molecule has 1 saturated carbocycles. The van der Waals surface area contributed by atoms with Gasteiger partial charge in [0.2, 0.25) is 0 Å². The summed E-state index contributed by atoms with van der Waals surface area (Å²) in [5, 5.41) is 3.93. The number of anilines is 2. The van der Waals surface area contributed by atoms with Gasteiger partial charge in [-0.2, -0.15) is 4.37 Å². The van der Waals surface area contributed by atoms with Crippen molar-refractivity contribution in [2.75, 3.05) is 43.4 Å². The number of carbonyl (C=O) groups excluding carboxylic acids is 1. The Bertz CT molecular complexity index is 491. The molecular formula is C13H21N5OS. The molecule has 3 rings (SSSR count). The maximum absolute atomic E-state index is 12.3. The SMILES string of the molecule is CCN1CCN(c2snc(N)c2C(=O)NC2CC2)CC1. The van der Waals surface area contributed by atoms with Gasteiger partial charge in [-0.25, -0.2) is 0 Å².